The van der Waals surface area contributed by atoms with Gasteiger partial charge in [0.2, 0.25) is 5.91 Å². The number of alkyl halides is 3. The van der Waals surface area contributed by atoms with Crippen molar-refractivity contribution in [3.8, 4) is 5.69 Å². The number of allylic oxidation sites excluding steroid dienone is 4. The predicted octanol–water partition coefficient (Wildman–Crippen LogP) is 1.14. The van der Waals surface area contributed by atoms with E-state index in [-0.39, 0.29) is 51.6 Å². The summed E-state index contributed by atoms with van der Waals surface area (Å²) in [6, 6.07) is 5.20. The maximum atomic E-state index is 13.9. The van der Waals surface area contributed by atoms with Gasteiger partial charge in [-0.3, -0.25) is 10.2 Å². The van der Waals surface area contributed by atoms with Crippen molar-refractivity contribution in [1.82, 2.24) is 20.0 Å². The molecule has 1 amide bonds. The first-order valence-corrected chi connectivity index (χ1v) is 12.0. The van der Waals surface area contributed by atoms with E-state index in [1.165, 1.54) is 36.0 Å². The Labute approximate surface area is 217 Å². The molecule has 2 N–H and O–H groups in total. The Hall–Kier alpha value is -1.92. The van der Waals surface area contributed by atoms with Gasteiger partial charge >= 0.3 is 35.7 Å². The van der Waals surface area contributed by atoms with E-state index >= 15 is 0 Å². The molecule has 34 heavy (non-hydrogen) atoms. The Balaban J connectivity index is 0.00000324. The number of sulfonamides is 1. The van der Waals surface area contributed by atoms with Gasteiger partial charge < -0.3 is 0 Å². The van der Waals surface area contributed by atoms with E-state index in [1.807, 2.05) is 22.4 Å². The Morgan fingerprint density at radius 3 is 2.53 bits per heavy atom. The molecule has 176 valence electrons. The van der Waals surface area contributed by atoms with Crippen LogP contribution >= 0.6 is 0 Å². The Bertz CT molecular complexity index is 1240. The first-order chi connectivity index (χ1) is 15.6. The summed E-state index contributed by atoms with van der Waals surface area (Å²) in [5.41, 5.74) is 3.66. The maximum absolute atomic E-state index is 13.9. The minimum Gasteiger partial charge on any atom is -0.278 e. The van der Waals surface area contributed by atoms with E-state index in [4.69, 9.17) is 0 Å². The molecule has 2 aliphatic rings. The minimum atomic E-state index is -4.62. The van der Waals surface area contributed by atoms with Crippen molar-refractivity contribution in [3.05, 3.63) is 65.0 Å². The van der Waals surface area contributed by atoms with E-state index in [2.05, 4.69) is 5.10 Å². The number of aromatic nitrogens is 2. The smallest absolute Gasteiger partial charge is 0.278 e. The first-order valence-electron chi connectivity index (χ1n) is 10.5. The van der Waals surface area contributed by atoms with Gasteiger partial charge in [-0.2, -0.15) is 18.3 Å². The van der Waals surface area contributed by atoms with Crippen LogP contribution < -0.4 is 39.8 Å². The van der Waals surface area contributed by atoms with Gasteiger partial charge in [0, 0.05) is 24.6 Å². The molecule has 2 aromatic rings. The zero-order valence-electron chi connectivity index (χ0n) is 18.8. The molecule has 12 heteroatoms. The quantitative estimate of drug-likeness (QED) is 0.473. The Kier molecular flexibility index (Phi) is 8.14. The van der Waals surface area contributed by atoms with Gasteiger partial charge in [0.1, 0.15) is 0 Å². The van der Waals surface area contributed by atoms with Gasteiger partial charge in [-0.15, -0.1) is 4.83 Å². The summed E-state index contributed by atoms with van der Waals surface area (Å²) in [6.45, 7) is 1.15. The van der Waals surface area contributed by atoms with Crippen LogP contribution in [-0.2, 0) is 21.0 Å². The summed E-state index contributed by atoms with van der Waals surface area (Å²) in [7, 11) is -4.02. The van der Waals surface area contributed by atoms with E-state index in [1.54, 1.807) is 0 Å². The van der Waals surface area contributed by atoms with E-state index < -0.39 is 27.8 Å². The van der Waals surface area contributed by atoms with E-state index in [0.29, 0.717) is 6.42 Å². The molecule has 1 atom stereocenters. The number of nitrogens with zero attached hydrogens (tertiary/aromatic N) is 2. The monoisotopic (exact) mass is 503 g/mol. The van der Waals surface area contributed by atoms with Gasteiger partial charge in [-0.05, 0) is 61.9 Å². The number of halogens is 3. The molecule has 0 saturated carbocycles. The summed E-state index contributed by atoms with van der Waals surface area (Å²) >= 11 is 0. The van der Waals surface area contributed by atoms with Gasteiger partial charge in [-0.25, -0.2) is 13.1 Å². The van der Waals surface area contributed by atoms with Crippen molar-refractivity contribution < 1.29 is 55.9 Å². The van der Waals surface area contributed by atoms with Gasteiger partial charge in [0.25, 0.3) is 10.0 Å². The average molecular weight is 504 g/mol. The molecule has 1 unspecified atom stereocenters. The third-order valence-electron chi connectivity index (χ3n) is 5.82. The standard InChI is InChI=1S/C22H23F3N4O3S.Na/c1-14(30)26-28-33(31,32)17-11-9-16(10-12-17)29-13-20(21(27-29)22(23,24)25)19-8-4-6-15-5-2-3-7-18(15)19;/h3,7,9-13,19,28H,2,4-6,8H2,1H3,(H,26,30);/q;+1. The molecular weight excluding hydrogens is 480 g/mol. The van der Waals surface area contributed by atoms with Gasteiger partial charge in [-0.1, -0.05) is 17.7 Å². The summed E-state index contributed by atoms with van der Waals surface area (Å²) in [5, 5.41) is 3.84. The van der Waals surface area contributed by atoms with Crippen LogP contribution in [0.15, 0.2) is 58.7 Å². The molecule has 1 aromatic carbocycles. The van der Waals surface area contributed by atoms with E-state index in [9.17, 15) is 26.4 Å². The van der Waals surface area contributed by atoms with Crippen LogP contribution in [-0.4, -0.2) is 24.1 Å². The third kappa shape index (κ3) is 5.65. The van der Waals surface area contributed by atoms with Crippen LogP contribution in [0.1, 0.15) is 56.2 Å². The number of hydrogen-bond donors (Lipinski definition) is 2. The van der Waals surface area contributed by atoms with Gasteiger partial charge in [0.15, 0.2) is 5.69 Å². The molecule has 0 aliphatic heterocycles. The number of amides is 1. The molecule has 0 fully saturated rings. The normalized spacial score (nSPS) is 18.3. The molecule has 0 saturated heterocycles. The molecule has 1 heterocycles. The number of carbonyl (C=O) groups excluding carboxylic acids is 1. The predicted molar refractivity (Wildman–Crippen MR) is 115 cm³/mol. The average Bonchev–Trinajstić information content (AvgIpc) is 3.23. The Morgan fingerprint density at radius 1 is 1.18 bits per heavy atom. The number of benzene rings is 1. The second-order valence-corrected chi connectivity index (χ2v) is 9.78. The van der Waals surface area contributed by atoms with Crippen molar-refractivity contribution in [3.63, 3.8) is 0 Å². The molecule has 1 aromatic heterocycles. The van der Waals surface area contributed by atoms with Crippen LogP contribution in [0.5, 0.6) is 0 Å². The molecule has 0 radical (unpaired) electrons. The largest absolute Gasteiger partial charge is 1.00 e. The number of hydrogen-bond acceptors (Lipinski definition) is 4. The number of carbonyl (C=O) groups is 1. The fourth-order valence-electron chi connectivity index (χ4n) is 4.33. The summed E-state index contributed by atoms with van der Waals surface area (Å²) in [4.78, 5) is 12.7. The third-order valence-corrected chi connectivity index (χ3v) is 7.09. The van der Waals surface area contributed by atoms with Crippen LogP contribution in [0.2, 0.25) is 0 Å². The summed E-state index contributed by atoms with van der Waals surface area (Å²) < 4.78 is 67.2. The van der Waals surface area contributed by atoms with Crippen molar-refractivity contribution in [2.45, 2.75) is 56.0 Å². The zero-order valence-corrected chi connectivity index (χ0v) is 21.6. The van der Waals surface area contributed by atoms with Gasteiger partial charge in [0.05, 0.1) is 10.6 Å². The number of nitrogens with one attached hydrogen (secondary N) is 2. The van der Waals surface area contributed by atoms with Crippen molar-refractivity contribution in [2.24, 2.45) is 0 Å². The van der Waals surface area contributed by atoms with Crippen molar-refractivity contribution in [2.75, 3.05) is 0 Å². The number of rotatable bonds is 5. The molecular formula is C22H23F3N4NaO3S+. The van der Waals surface area contributed by atoms with Crippen molar-refractivity contribution >= 4 is 15.9 Å². The second kappa shape index (κ2) is 10.4. The Morgan fingerprint density at radius 2 is 1.88 bits per heavy atom. The molecule has 2 aliphatic carbocycles. The molecule has 0 spiro atoms. The van der Waals surface area contributed by atoms with Crippen LogP contribution in [0.25, 0.3) is 5.69 Å². The zero-order chi connectivity index (χ0) is 23.8. The van der Waals surface area contributed by atoms with Crippen molar-refractivity contribution in [1.29, 1.82) is 0 Å². The van der Waals surface area contributed by atoms with Crippen LogP contribution in [0.4, 0.5) is 13.2 Å². The summed E-state index contributed by atoms with van der Waals surface area (Å²) in [5.74, 6) is -0.968. The molecule has 7 nitrogen and oxygen atoms in total. The number of hydrazine groups is 1. The second-order valence-electron chi connectivity index (χ2n) is 8.10. The maximum Gasteiger partial charge on any atom is 1.00 e. The fraction of sp³-hybridized carbons (Fsp3) is 0.364. The molecule has 0 bridgehead atoms. The van der Waals surface area contributed by atoms with Crippen LogP contribution in [0.3, 0.4) is 0 Å². The molecule has 4 rings (SSSR count). The first kappa shape index (κ1) is 26.7. The summed E-state index contributed by atoms with van der Waals surface area (Å²) in [6.07, 6.45) is 4.85. The SMILES string of the molecule is CC(=O)NNS(=O)(=O)c1ccc(-n2cc(C3CCCC4=C3C=CCC4)c(C(F)(F)F)n2)cc1.[Na+]. The minimum absolute atomic E-state index is 0. The fourth-order valence-corrected chi connectivity index (χ4v) is 5.22. The van der Waals surface area contributed by atoms with Crippen LogP contribution in [0, 0.1) is 0 Å². The van der Waals surface area contributed by atoms with E-state index in [0.717, 1.165) is 42.9 Å². The topological polar surface area (TPSA) is 93.1 Å².